The van der Waals surface area contributed by atoms with Crippen LogP contribution in [0.5, 0.6) is 0 Å². The second-order valence-electron chi connectivity index (χ2n) is 6.76. The van der Waals surface area contributed by atoms with Gasteiger partial charge in [0.15, 0.2) is 0 Å². The van der Waals surface area contributed by atoms with Gasteiger partial charge in [-0.3, -0.25) is 0 Å². The van der Waals surface area contributed by atoms with Crippen LogP contribution >= 0.6 is 11.6 Å². The van der Waals surface area contributed by atoms with E-state index in [1.54, 1.807) is 0 Å². The summed E-state index contributed by atoms with van der Waals surface area (Å²) >= 11 is 6.60. The van der Waals surface area contributed by atoms with Crippen LogP contribution in [0, 0.1) is 0 Å². The Bertz CT molecular complexity index is 707. The van der Waals surface area contributed by atoms with E-state index in [1.165, 1.54) is 35.2 Å². The molecule has 0 heterocycles. The maximum Gasteiger partial charge on any atom is 0.0783 e. The predicted octanol–water partition coefficient (Wildman–Crippen LogP) is 6.28. The highest BCUT2D eigenvalue weighted by atomic mass is 35.5. The largest absolute Gasteiger partial charge is 0.361 e. The van der Waals surface area contributed by atoms with Crippen molar-refractivity contribution in [2.75, 3.05) is 4.90 Å². The number of hydrogen-bond acceptors (Lipinski definition) is 1. The molecule has 2 aromatic rings. The van der Waals surface area contributed by atoms with Crippen LogP contribution in [0.1, 0.15) is 33.6 Å². The molecule has 0 bridgehead atoms. The molecule has 3 atom stereocenters. The van der Waals surface area contributed by atoms with Gasteiger partial charge in [0.1, 0.15) is 0 Å². The number of halogens is 1. The van der Waals surface area contributed by atoms with Crippen molar-refractivity contribution in [3.63, 3.8) is 0 Å². The topological polar surface area (TPSA) is 3.24 Å². The van der Waals surface area contributed by atoms with Gasteiger partial charge >= 0.3 is 0 Å². The maximum atomic E-state index is 6.60. The van der Waals surface area contributed by atoms with Gasteiger partial charge in [0.2, 0.25) is 0 Å². The van der Waals surface area contributed by atoms with Crippen molar-refractivity contribution in [1.29, 1.82) is 0 Å². The standard InChI is InChI=1S/C22H26ClN/c1-4-9-17(3)24(21-14-16(2)22(21)23)20-13-8-12-19(15-20)18-10-6-5-7-11-18/h5-8,10-15,17,21-22H,4,9H2,1-3H3/t17?,21?,22-/m0/s1. The highest BCUT2D eigenvalue weighted by Gasteiger charge is 2.35. The van der Waals surface area contributed by atoms with E-state index in [9.17, 15) is 0 Å². The van der Waals surface area contributed by atoms with E-state index in [4.69, 9.17) is 11.6 Å². The summed E-state index contributed by atoms with van der Waals surface area (Å²) in [5, 5.41) is 0.115. The summed E-state index contributed by atoms with van der Waals surface area (Å²) in [4.78, 5) is 2.50. The third-order valence-corrected chi connectivity index (χ3v) is 5.52. The SMILES string of the molecule is CCCC(C)N(c1cccc(-c2ccccc2)c1)C1C=C(C)[C@@H]1Cl. The maximum absolute atomic E-state index is 6.60. The first-order chi connectivity index (χ1) is 11.6. The molecule has 3 rings (SSSR count). The molecule has 1 aliphatic rings. The molecule has 0 N–H and O–H groups in total. The average Bonchev–Trinajstić information content (AvgIpc) is 2.62. The van der Waals surface area contributed by atoms with Crippen molar-refractivity contribution < 1.29 is 0 Å². The lowest BCUT2D eigenvalue weighted by Crippen LogP contribution is -2.50. The van der Waals surface area contributed by atoms with Crippen molar-refractivity contribution in [3.8, 4) is 11.1 Å². The fourth-order valence-electron chi connectivity index (χ4n) is 3.57. The number of anilines is 1. The van der Waals surface area contributed by atoms with Gasteiger partial charge in [0.05, 0.1) is 11.4 Å². The molecule has 24 heavy (non-hydrogen) atoms. The molecular formula is C22H26ClN. The number of hydrogen-bond donors (Lipinski definition) is 0. The molecule has 126 valence electrons. The second kappa shape index (κ2) is 7.44. The Labute approximate surface area is 151 Å². The summed E-state index contributed by atoms with van der Waals surface area (Å²) in [7, 11) is 0. The summed E-state index contributed by atoms with van der Waals surface area (Å²) in [6, 6.07) is 20.2. The van der Waals surface area contributed by atoms with E-state index in [-0.39, 0.29) is 5.38 Å². The van der Waals surface area contributed by atoms with E-state index in [1.807, 2.05) is 0 Å². The van der Waals surface area contributed by atoms with Gasteiger partial charge in [-0.15, -0.1) is 11.6 Å². The van der Waals surface area contributed by atoms with Gasteiger partial charge in [-0.1, -0.05) is 67.5 Å². The van der Waals surface area contributed by atoms with Crippen molar-refractivity contribution in [3.05, 3.63) is 66.2 Å². The fourth-order valence-corrected chi connectivity index (χ4v) is 3.84. The minimum atomic E-state index is 0.115. The molecule has 1 aliphatic carbocycles. The molecule has 0 saturated carbocycles. The molecule has 0 saturated heterocycles. The van der Waals surface area contributed by atoms with Crippen LogP contribution < -0.4 is 4.90 Å². The van der Waals surface area contributed by atoms with E-state index < -0.39 is 0 Å². The number of alkyl halides is 1. The van der Waals surface area contributed by atoms with Gasteiger partial charge in [0.25, 0.3) is 0 Å². The molecule has 0 amide bonds. The van der Waals surface area contributed by atoms with Crippen LogP contribution in [-0.2, 0) is 0 Å². The minimum absolute atomic E-state index is 0.115. The smallest absolute Gasteiger partial charge is 0.0783 e. The highest BCUT2D eigenvalue weighted by Crippen LogP contribution is 2.36. The van der Waals surface area contributed by atoms with Crippen LogP contribution in [0.25, 0.3) is 11.1 Å². The normalized spacial score (nSPS) is 20.9. The zero-order valence-electron chi connectivity index (χ0n) is 14.7. The van der Waals surface area contributed by atoms with Crippen molar-refractivity contribution >= 4 is 17.3 Å². The molecule has 2 unspecified atom stereocenters. The second-order valence-corrected chi connectivity index (χ2v) is 7.23. The minimum Gasteiger partial charge on any atom is -0.361 e. The van der Waals surface area contributed by atoms with Gasteiger partial charge in [-0.25, -0.2) is 0 Å². The quantitative estimate of drug-likeness (QED) is 0.442. The number of rotatable bonds is 6. The molecule has 0 radical (unpaired) electrons. The van der Waals surface area contributed by atoms with E-state index in [0.29, 0.717) is 12.1 Å². The predicted molar refractivity (Wildman–Crippen MR) is 106 cm³/mol. The Kier molecular flexibility index (Phi) is 5.30. The van der Waals surface area contributed by atoms with Gasteiger partial charge in [-0.2, -0.15) is 0 Å². The molecule has 0 aromatic heterocycles. The summed E-state index contributed by atoms with van der Waals surface area (Å²) < 4.78 is 0. The molecule has 0 fully saturated rings. The van der Waals surface area contributed by atoms with Crippen LogP contribution in [0.4, 0.5) is 5.69 Å². The summed E-state index contributed by atoms with van der Waals surface area (Å²) in [5.41, 5.74) is 5.06. The molecule has 0 aliphatic heterocycles. The Balaban J connectivity index is 1.96. The summed E-state index contributed by atoms with van der Waals surface area (Å²) in [5.74, 6) is 0. The lowest BCUT2D eigenvalue weighted by Gasteiger charge is -2.44. The Morgan fingerprint density at radius 3 is 2.38 bits per heavy atom. The molecular weight excluding hydrogens is 314 g/mol. The van der Waals surface area contributed by atoms with Crippen LogP contribution in [0.15, 0.2) is 66.2 Å². The lowest BCUT2D eigenvalue weighted by atomic mass is 9.90. The van der Waals surface area contributed by atoms with E-state index in [0.717, 1.165) is 0 Å². The zero-order chi connectivity index (χ0) is 17.1. The van der Waals surface area contributed by atoms with Crippen LogP contribution in [-0.4, -0.2) is 17.5 Å². The monoisotopic (exact) mass is 339 g/mol. The van der Waals surface area contributed by atoms with Crippen LogP contribution in [0.3, 0.4) is 0 Å². The molecule has 1 nitrogen and oxygen atoms in total. The summed E-state index contributed by atoms with van der Waals surface area (Å²) in [6.07, 6.45) is 4.65. The Morgan fingerprint density at radius 1 is 1.04 bits per heavy atom. The van der Waals surface area contributed by atoms with E-state index in [2.05, 4.69) is 86.3 Å². The number of benzene rings is 2. The number of nitrogens with zero attached hydrogens (tertiary/aromatic N) is 1. The van der Waals surface area contributed by atoms with Crippen molar-refractivity contribution in [2.45, 2.75) is 51.1 Å². The Morgan fingerprint density at radius 2 is 1.75 bits per heavy atom. The van der Waals surface area contributed by atoms with Crippen LogP contribution in [0.2, 0.25) is 0 Å². The fraction of sp³-hybridized carbons (Fsp3) is 0.364. The first-order valence-corrected chi connectivity index (χ1v) is 9.31. The lowest BCUT2D eigenvalue weighted by molar-refractivity contribution is 0.519. The first kappa shape index (κ1) is 17.1. The Hall–Kier alpha value is -1.73. The summed E-state index contributed by atoms with van der Waals surface area (Å²) in [6.45, 7) is 6.68. The highest BCUT2D eigenvalue weighted by molar-refractivity contribution is 6.24. The molecule has 0 spiro atoms. The van der Waals surface area contributed by atoms with E-state index >= 15 is 0 Å². The molecule has 2 aromatic carbocycles. The zero-order valence-corrected chi connectivity index (χ0v) is 15.5. The first-order valence-electron chi connectivity index (χ1n) is 8.88. The van der Waals surface area contributed by atoms with Gasteiger partial charge in [0, 0.05) is 11.7 Å². The third kappa shape index (κ3) is 3.37. The van der Waals surface area contributed by atoms with Crippen molar-refractivity contribution in [2.24, 2.45) is 0 Å². The average molecular weight is 340 g/mol. The third-order valence-electron chi connectivity index (χ3n) is 4.92. The van der Waals surface area contributed by atoms with Crippen molar-refractivity contribution in [1.82, 2.24) is 0 Å². The van der Waals surface area contributed by atoms with Gasteiger partial charge < -0.3 is 4.90 Å². The van der Waals surface area contributed by atoms with Gasteiger partial charge in [-0.05, 0) is 43.5 Å². The molecule has 2 heteroatoms.